The number of unbranched alkanes of at least 4 members (excludes halogenated alkanes) is 16. The molecule has 10 atom stereocenters. The van der Waals surface area contributed by atoms with Crippen LogP contribution < -0.4 is 51.8 Å². The first-order valence-electron chi connectivity index (χ1n) is 31.0. The van der Waals surface area contributed by atoms with Crippen molar-refractivity contribution in [3.63, 3.8) is 0 Å². The van der Waals surface area contributed by atoms with Crippen LogP contribution in [0.2, 0.25) is 0 Å². The normalized spacial score (nSPS) is 20.9. The highest BCUT2D eigenvalue weighted by atomic mass is 35.5. The third kappa shape index (κ3) is 23.6. The summed E-state index contributed by atoms with van der Waals surface area (Å²) in [5.74, 6) is -6.49. The number of nitro benzene ring substituents is 1. The average molecular weight is 1260 g/mol. The lowest BCUT2D eigenvalue weighted by Crippen LogP contribution is -2.65. The predicted molar refractivity (Wildman–Crippen MR) is 332 cm³/mol. The van der Waals surface area contributed by atoms with Gasteiger partial charge in [-0.15, -0.1) is 12.4 Å². The second-order valence-electron chi connectivity index (χ2n) is 23.2. The molecule has 3 heterocycles. The van der Waals surface area contributed by atoms with Crippen molar-refractivity contribution in [2.24, 2.45) is 11.7 Å². The van der Waals surface area contributed by atoms with Crippen molar-refractivity contribution in [2.75, 3.05) is 13.7 Å². The van der Waals surface area contributed by atoms with E-state index in [4.69, 9.17) is 24.7 Å². The number of urea groups is 1. The Morgan fingerprint density at radius 3 is 1.99 bits per heavy atom. The van der Waals surface area contributed by atoms with E-state index in [1.807, 2.05) is 13.8 Å². The summed E-state index contributed by atoms with van der Waals surface area (Å²) in [6.45, 7) is 8.18. The van der Waals surface area contributed by atoms with Crippen LogP contribution in [0.1, 0.15) is 179 Å². The van der Waals surface area contributed by atoms with Crippen LogP contribution in [0, 0.1) is 16.0 Å². The Hall–Kier alpha value is -6.83. The second kappa shape index (κ2) is 38.6. The van der Waals surface area contributed by atoms with Crippen molar-refractivity contribution in [3.05, 3.63) is 87.5 Å². The molecule has 4 bridgehead atoms. The van der Waals surface area contributed by atoms with E-state index in [1.54, 1.807) is 30.3 Å². The number of aliphatic hydroxyl groups excluding tert-OH is 3. The molecular weight excluding hydrogens is 1160 g/mol. The summed E-state index contributed by atoms with van der Waals surface area (Å²) >= 11 is 0. The van der Waals surface area contributed by atoms with Gasteiger partial charge in [0, 0.05) is 31.9 Å². The molecular formula is C63H95ClN8O16. The fourth-order valence-corrected chi connectivity index (χ4v) is 10.7. The van der Waals surface area contributed by atoms with Gasteiger partial charge in [-0.1, -0.05) is 167 Å². The summed E-state index contributed by atoms with van der Waals surface area (Å²) in [5.41, 5.74) is 6.09. The first-order valence-corrected chi connectivity index (χ1v) is 31.0. The number of nitro groups is 1. The quantitative estimate of drug-likeness (QED) is 0.0156. The number of hydrogen-bond donors (Lipinski definition) is 11. The first-order chi connectivity index (χ1) is 41.7. The van der Waals surface area contributed by atoms with Crippen molar-refractivity contribution in [3.8, 4) is 23.0 Å². The molecule has 6 rings (SSSR count). The van der Waals surface area contributed by atoms with E-state index >= 15 is 4.79 Å². The minimum atomic E-state index is -2.09. The minimum Gasteiger partial charge on any atom is -0.490 e. The highest BCUT2D eigenvalue weighted by Crippen LogP contribution is 2.45. The Kier molecular flexibility index (Phi) is 32.3. The molecule has 12 N–H and O–H groups in total. The molecule has 6 unspecified atom stereocenters. The number of aliphatic hydroxyl groups is 3. The Morgan fingerprint density at radius 1 is 0.784 bits per heavy atom. The van der Waals surface area contributed by atoms with E-state index in [2.05, 4.69) is 45.7 Å². The van der Waals surface area contributed by atoms with Crippen LogP contribution >= 0.6 is 12.4 Å². The number of halogens is 1. The molecule has 3 aromatic carbocycles. The Labute approximate surface area is 522 Å². The van der Waals surface area contributed by atoms with E-state index in [1.165, 1.54) is 57.1 Å². The molecule has 3 aromatic rings. The third-order valence-electron chi connectivity index (χ3n) is 15.5. The van der Waals surface area contributed by atoms with Crippen molar-refractivity contribution < 1.29 is 73.1 Å². The summed E-state index contributed by atoms with van der Waals surface area (Å²) in [4.78, 5) is 97.1. The summed E-state index contributed by atoms with van der Waals surface area (Å²) in [7, 11) is 1.18. The van der Waals surface area contributed by atoms with Crippen molar-refractivity contribution in [1.82, 2.24) is 31.9 Å². The molecule has 3 aliphatic rings. The summed E-state index contributed by atoms with van der Waals surface area (Å²) < 4.78 is 24.3. The number of ether oxygens (including phenoxy) is 4. The van der Waals surface area contributed by atoms with E-state index < -0.39 is 125 Å². The SMILES string of the molecule is CCCCCCCCCCCNC(=O)N[C@@H](C(=O)O)C1NC(=O)[C@H](Cc2ccccc2)NC(=O)[C@H](NC(=O)[C@H](N)CC(C)C)Cc2ccc(c([N+](=O)[O-])c2)Oc2cc1cc(OC1OC(O)C(O)C(O)C1NC(=O)CCCCCCCCCCC)c2OC.Cl. The van der Waals surface area contributed by atoms with E-state index in [-0.39, 0.29) is 67.4 Å². The molecule has 0 aliphatic carbocycles. The minimum absolute atomic E-state index is 0. The van der Waals surface area contributed by atoms with Crippen LogP contribution in [0.15, 0.2) is 60.7 Å². The van der Waals surface area contributed by atoms with Crippen LogP contribution in [0.5, 0.6) is 23.0 Å². The van der Waals surface area contributed by atoms with Crippen molar-refractivity contribution in [1.29, 1.82) is 0 Å². The highest BCUT2D eigenvalue weighted by Gasteiger charge is 2.47. The predicted octanol–water partition coefficient (Wildman–Crippen LogP) is 7.58. The molecule has 88 heavy (non-hydrogen) atoms. The Morgan fingerprint density at radius 2 is 1.40 bits per heavy atom. The summed E-state index contributed by atoms with van der Waals surface area (Å²) in [6, 6.07) is 4.03. The van der Waals surface area contributed by atoms with Gasteiger partial charge >= 0.3 is 17.7 Å². The van der Waals surface area contributed by atoms with Crippen LogP contribution in [0.25, 0.3) is 0 Å². The fraction of sp³-hybridized carbons (Fsp3) is 0.619. The zero-order chi connectivity index (χ0) is 63.4. The molecule has 3 aliphatic heterocycles. The number of hydrogen-bond acceptors (Lipinski definition) is 16. The van der Waals surface area contributed by atoms with Crippen LogP contribution in [0.4, 0.5) is 10.5 Å². The molecule has 0 saturated carbocycles. The number of carboxylic acids is 1. The molecule has 0 radical (unpaired) electrons. The number of carbonyl (C=O) groups is 6. The second-order valence-corrected chi connectivity index (χ2v) is 23.2. The largest absolute Gasteiger partial charge is 0.490 e. The van der Waals surface area contributed by atoms with Gasteiger partial charge in [0.1, 0.15) is 30.3 Å². The number of methoxy groups -OCH3 is 1. The van der Waals surface area contributed by atoms with E-state index in [9.17, 15) is 54.5 Å². The lowest BCUT2D eigenvalue weighted by molar-refractivity contribution is -0.385. The maximum absolute atomic E-state index is 15.2. The number of rotatable bonds is 34. The molecule has 1 saturated heterocycles. The monoisotopic (exact) mass is 1250 g/mol. The van der Waals surface area contributed by atoms with Gasteiger partial charge in [-0.3, -0.25) is 29.3 Å². The number of carboxylic acid groups (broad SMARTS) is 1. The Balaban J connectivity index is 0.0000166. The number of nitrogens with zero attached hydrogens (tertiary/aromatic N) is 1. The average Bonchev–Trinajstić information content (AvgIpc) is 0.956. The van der Waals surface area contributed by atoms with Gasteiger partial charge in [0.25, 0.3) is 0 Å². The first kappa shape index (κ1) is 73.6. The van der Waals surface area contributed by atoms with E-state index in [0.29, 0.717) is 18.4 Å². The number of fused-ring (bicyclic) bond motifs is 9. The molecule has 490 valence electrons. The fourth-order valence-electron chi connectivity index (χ4n) is 10.7. The van der Waals surface area contributed by atoms with Gasteiger partial charge in [-0.2, -0.15) is 0 Å². The zero-order valence-electron chi connectivity index (χ0n) is 51.5. The maximum atomic E-state index is 15.2. The lowest BCUT2D eigenvalue weighted by Gasteiger charge is -2.41. The number of nitrogens with one attached hydrogen (secondary N) is 6. The van der Waals surface area contributed by atoms with Crippen molar-refractivity contribution >= 4 is 53.7 Å². The van der Waals surface area contributed by atoms with Gasteiger partial charge < -0.3 is 77.0 Å². The van der Waals surface area contributed by atoms with Gasteiger partial charge in [0.15, 0.2) is 23.8 Å². The van der Waals surface area contributed by atoms with Crippen molar-refractivity contribution in [2.45, 2.75) is 230 Å². The molecule has 6 amide bonds. The van der Waals surface area contributed by atoms with E-state index in [0.717, 1.165) is 83.1 Å². The van der Waals surface area contributed by atoms with Crippen LogP contribution in [-0.2, 0) is 41.6 Å². The smallest absolute Gasteiger partial charge is 0.328 e. The number of carbonyl (C=O) groups excluding carboxylic acids is 5. The number of aliphatic carboxylic acids is 1. The number of benzene rings is 3. The highest BCUT2D eigenvalue weighted by molar-refractivity contribution is 5.94. The number of amides is 6. The summed E-state index contributed by atoms with van der Waals surface area (Å²) in [6.07, 6.45) is 9.76. The summed E-state index contributed by atoms with van der Waals surface area (Å²) in [5, 5.41) is 73.4. The lowest BCUT2D eigenvalue weighted by atomic mass is 9.96. The Bertz CT molecular complexity index is 2690. The standard InChI is InChI=1S/C63H94N8O16.ClH/c1-6-8-10-12-14-16-18-20-25-29-50(72)68-53-54(73)55(74)61(80)87-62(53)86-49-38-42-37-48(56(49)84-5)85-47-31-30-41(36-46(47)71(82)83)35-45(66-57(75)43(64)33-39(3)4)58(76)67-44(34-40-27-23-22-24-28-40)59(77)69-51(42)52(60(78)79)70-63(81)65-32-26-21-19-17-15-13-11-9-7-2;/h22-24,27-28,30-31,36-39,43-45,51-55,61-62,73-74,80H,6-21,25-26,29,32-35,64H2,1-5H3,(H,66,75)(H,67,76)(H,68,72)(H,69,77)(H,78,79)(H2,65,70,81);1H/t43-,44+,45-,51?,52-,53?,54?,55?,61?,62?;/m1./s1. The van der Waals surface area contributed by atoms with Gasteiger partial charge in [0.2, 0.25) is 41.4 Å². The molecule has 0 aromatic heterocycles. The maximum Gasteiger partial charge on any atom is 0.328 e. The molecule has 24 nitrogen and oxygen atoms in total. The topological polar surface area (TPSA) is 362 Å². The zero-order valence-corrected chi connectivity index (χ0v) is 52.3. The van der Waals surface area contributed by atoms with Crippen LogP contribution in [0.3, 0.4) is 0 Å². The van der Waals surface area contributed by atoms with Crippen LogP contribution in [-0.4, -0.2) is 130 Å². The third-order valence-corrected chi connectivity index (χ3v) is 15.5. The van der Waals surface area contributed by atoms with Gasteiger partial charge in [-0.05, 0) is 60.1 Å². The van der Waals surface area contributed by atoms with Gasteiger partial charge in [0.05, 0.1) is 24.1 Å². The molecule has 1 fully saturated rings. The molecule has 0 spiro atoms. The molecule has 25 heteroatoms. The number of nitrogens with two attached hydrogens (primary N) is 1. The van der Waals surface area contributed by atoms with Gasteiger partial charge in [-0.25, -0.2) is 9.59 Å².